The van der Waals surface area contributed by atoms with Crippen molar-refractivity contribution in [3.05, 3.63) is 28.4 Å². The van der Waals surface area contributed by atoms with Crippen LogP contribution in [0, 0.1) is 0 Å². The summed E-state index contributed by atoms with van der Waals surface area (Å²) in [4.78, 5) is 0. The minimum atomic E-state index is 0.241. The molecule has 1 aromatic heterocycles. The fourth-order valence-corrected chi connectivity index (χ4v) is 1.46. The first-order valence-electron chi connectivity index (χ1n) is 2.98. The van der Waals surface area contributed by atoms with Crippen molar-refractivity contribution in [2.75, 3.05) is 0 Å². The van der Waals surface area contributed by atoms with Crippen LogP contribution in [0.5, 0.6) is 0 Å². The maximum atomic E-state index is 5.82. The van der Waals surface area contributed by atoms with E-state index in [0.717, 1.165) is 0 Å². The lowest BCUT2D eigenvalue weighted by Crippen LogP contribution is -1.67. The van der Waals surface area contributed by atoms with Crippen molar-refractivity contribution in [3.63, 3.8) is 0 Å². The van der Waals surface area contributed by atoms with Crippen molar-refractivity contribution in [3.8, 4) is 0 Å². The molecular formula is C7H3Cl2NO. The lowest BCUT2D eigenvalue weighted by molar-refractivity contribution is 0.430. The van der Waals surface area contributed by atoms with Crippen molar-refractivity contribution >= 4 is 34.1 Å². The number of nitrogens with zero attached hydrogens (tertiary/aromatic N) is 1. The molecule has 0 aliphatic heterocycles. The van der Waals surface area contributed by atoms with Crippen LogP contribution in [-0.2, 0) is 0 Å². The molecule has 0 aliphatic carbocycles. The molecule has 0 fully saturated rings. The van der Waals surface area contributed by atoms with Gasteiger partial charge in [-0.05, 0) is 23.7 Å². The van der Waals surface area contributed by atoms with Gasteiger partial charge in [0.15, 0.2) is 0 Å². The predicted octanol–water partition coefficient (Wildman–Crippen LogP) is 3.13. The Hall–Kier alpha value is -0.730. The van der Waals surface area contributed by atoms with Gasteiger partial charge in [-0.15, -0.1) is 0 Å². The van der Waals surface area contributed by atoms with Crippen LogP contribution in [-0.4, -0.2) is 5.16 Å². The standard InChI is InChI=1S/C7H3Cl2NO/c8-4-2-1-3-5-6(4)7(9)11-10-5/h1-3H. The molecule has 2 aromatic rings. The number of hydrogen-bond donors (Lipinski definition) is 0. The summed E-state index contributed by atoms with van der Waals surface area (Å²) in [5.41, 5.74) is 0.683. The quantitative estimate of drug-likeness (QED) is 0.634. The normalized spacial score (nSPS) is 10.7. The Morgan fingerprint density at radius 3 is 2.82 bits per heavy atom. The van der Waals surface area contributed by atoms with E-state index in [-0.39, 0.29) is 5.22 Å². The predicted molar refractivity (Wildman–Crippen MR) is 44.0 cm³/mol. The van der Waals surface area contributed by atoms with Crippen molar-refractivity contribution in [2.24, 2.45) is 0 Å². The van der Waals surface area contributed by atoms with E-state index >= 15 is 0 Å². The number of fused-ring (bicyclic) bond motifs is 1. The van der Waals surface area contributed by atoms with E-state index in [2.05, 4.69) is 5.16 Å². The number of halogens is 2. The molecule has 0 N–H and O–H groups in total. The molecular weight excluding hydrogens is 185 g/mol. The molecule has 11 heavy (non-hydrogen) atoms. The average molecular weight is 188 g/mol. The Labute approximate surface area is 72.7 Å². The van der Waals surface area contributed by atoms with Crippen molar-refractivity contribution < 1.29 is 4.52 Å². The molecule has 0 atom stereocenters. The monoisotopic (exact) mass is 187 g/mol. The van der Waals surface area contributed by atoms with Crippen LogP contribution in [0.25, 0.3) is 10.9 Å². The van der Waals surface area contributed by atoms with Crippen LogP contribution < -0.4 is 0 Å². The fraction of sp³-hybridized carbons (Fsp3) is 0. The van der Waals surface area contributed by atoms with Crippen LogP contribution >= 0.6 is 23.2 Å². The molecule has 0 aliphatic rings. The van der Waals surface area contributed by atoms with E-state index < -0.39 is 0 Å². The highest BCUT2D eigenvalue weighted by atomic mass is 35.5. The van der Waals surface area contributed by atoms with Crippen molar-refractivity contribution in [1.29, 1.82) is 0 Å². The highest BCUT2D eigenvalue weighted by Gasteiger charge is 2.07. The summed E-state index contributed by atoms with van der Waals surface area (Å²) in [5.74, 6) is 0. The smallest absolute Gasteiger partial charge is 0.235 e. The van der Waals surface area contributed by atoms with Gasteiger partial charge >= 0.3 is 0 Å². The second kappa shape index (κ2) is 2.40. The Kier molecular flexibility index (Phi) is 1.51. The first-order chi connectivity index (χ1) is 5.29. The zero-order valence-corrected chi connectivity index (χ0v) is 6.86. The zero-order chi connectivity index (χ0) is 7.84. The third-order valence-electron chi connectivity index (χ3n) is 1.41. The summed E-state index contributed by atoms with van der Waals surface area (Å²) in [6, 6.07) is 5.33. The van der Waals surface area contributed by atoms with E-state index in [4.69, 9.17) is 27.7 Å². The molecule has 56 valence electrons. The van der Waals surface area contributed by atoms with Crippen LogP contribution in [0.15, 0.2) is 22.7 Å². The van der Waals surface area contributed by atoms with Crippen LogP contribution in [0.1, 0.15) is 0 Å². The molecule has 2 nitrogen and oxygen atoms in total. The third-order valence-corrected chi connectivity index (χ3v) is 1.99. The second-order valence-electron chi connectivity index (χ2n) is 2.09. The SMILES string of the molecule is Clc1cccc2noc(Cl)c12. The molecule has 0 saturated heterocycles. The van der Waals surface area contributed by atoms with Gasteiger partial charge in [-0.3, -0.25) is 0 Å². The van der Waals surface area contributed by atoms with Gasteiger partial charge in [0, 0.05) is 0 Å². The lowest BCUT2D eigenvalue weighted by Gasteiger charge is -1.88. The summed E-state index contributed by atoms with van der Waals surface area (Å²) < 4.78 is 4.73. The average Bonchev–Trinajstić information content (AvgIpc) is 2.34. The van der Waals surface area contributed by atoms with Crippen molar-refractivity contribution in [1.82, 2.24) is 5.16 Å². The summed E-state index contributed by atoms with van der Waals surface area (Å²) >= 11 is 11.5. The van der Waals surface area contributed by atoms with E-state index in [1.807, 2.05) is 0 Å². The summed E-state index contributed by atoms with van der Waals surface area (Å²) in [5, 5.41) is 5.17. The van der Waals surface area contributed by atoms with Crippen LogP contribution in [0.3, 0.4) is 0 Å². The van der Waals surface area contributed by atoms with Crippen LogP contribution in [0.2, 0.25) is 10.2 Å². The third kappa shape index (κ3) is 0.988. The van der Waals surface area contributed by atoms with Gasteiger partial charge in [0.1, 0.15) is 5.52 Å². The first-order valence-corrected chi connectivity index (χ1v) is 3.74. The van der Waals surface area contributed by atoms with Crippen molar-refractivity contribution in [2.45, 2.75) is 0 Å². The Balaban J connectivity index is 2.96. The van der Waals surface area contributed by atoms with Crippen LogP contribution in [0.4, 0.5) is 0 Å². The molecule has 0 saturated carbocycles. The van der Waals surface area contributed by atoms with Gasteiger partial charge in [0.05, 0.1) is 10.4 Å². The van der Waals surface area contributed by atoms with Gasteiger partial charge < -0.3 is 4.52 Å². The minimum absolute atomic E-state index is 0.241. The van der Waals surface area contributed by atoms with Gasteiger partial charge in [-0.1, -0.05) is 22.8 Å². The maximum absolute atomic E-state index is 5.82. The molecule has 0 unspecified atom stereocenters. The summed E-state index contributed by atoms with van der Waals surface area (Å²) in [6.45, 7) is 0. The molecule has 0 bridgehead atoms. The molecule has 1 aromatic carbocycles. The minimum Gasteiger partial charge on any atom is -0.343 e. The van der Waals surface area contributed by atoms with E-state index in [1.54, 1.807) is 18.2 Å². The Morgan fingerprint density at radius 1 is 1.27 bits per heavy atom. The molecule has 0 amide bonds. The fourth-order valence-electron chi connectivity index (χ4n) is 0.918. The van der Waals surface area contributed by atoms with Gasteiger partial charge in [0.25, 0.3) is 0 Å². The number of aromatic nitrogens is 1. The highest BCUT2D eigenvalue weighted by Crippen LogP contribution is 2.29. The summed E-state index contributed by atoms with van der Waals surface area (Å²) in [7, 11) is 0. The first kappa shape index (κ1) is 6.95. The Morgan fingerprint density at radius 2 is 2.09 bits per heavy atom. The lowest BCUT2D eigenvalue weighted by atomic mass is 10.3. The molecule has 2 rings (SSSR count). The van der Waals surface area contributed by atoms with Gasteiger partial charge in [0.2, 0.25) is 5.22 Å². The number of rotatable bonds is 0. The molecule has 0 spiro atoms. The Bertz CT molecular complexity index is 396. The second-order valence-corrected chi connectivity index (χ2v) is 2.84. The topological polar surface area (TPSA) is 26.0 Å². The summed E-state index contributed by atoms with van der Waals surface area (Å²) in [6.07, 6.45) is 0. The largest absolute Gasteiger partial charge is 0.343 e. The highest BCUT2D eigenvalue weighted by molar-refractivity contribution is 6.41. The zero-order valence-electron chi connectivity index (χ0n) is 5.34. The van der Waals surface area contributed by atoms with E-state index in [0.29, 0.717) is 15.9 Å². The molecule has 1 heterocycles. The van der Waals surface area contributed by atoms with Gasteiger partial charge in [-0.25, -0.2) is 0 Å². The number of hydrogen-bond acceptors (Lipinski definition) is 2. The van der Waals surface area contributed by atoms with E-state index in [1.165, 1.54) is 0 Å². The van der Waals surface area contributed by atoms with E-state index in [9.17, 15) is 0 Å². The molecule has 0 radical (unpaired) electrons. The maximum Gasteiger partial charge on any atom is 0.235 e. The molecule has 4 heteroatoms. The van der Waals surface area contributed by atoms with Gasteiger partial charge in [-0.2, -0.15) is 0 Å². The number of benzene rings is 1.